The number of hydrogen-bond acceptors (Lipinski definition) is 6. The van der Waals surface area contributed by atoms with E-state index >= 15 is 0 Å². The molecule has 2 aromatic carbocycles. The molecule has 38 heavy (non-hydrogen) atoms. The van der Waals surface area contributed by atoms with E-state index in [4.69, 9.17) is 33.7 Å². The molecule has 4 aromatic rings. The SMILES string of the molecule is COc1ccc(-[b-]2[nH]nc(-c3nn(-c4c(Cl)cc(C(F)(F)F)cc4Cl)c(N)c3S(=O)(=O)C(F)(F)F)[nH+]2)cc1. The maximum atomic E-state index is 13.6. The average molecular weight is 601 g/mol. The molecule has 0 fully saturated rings. The van der Waals surface area contributed by atoms with Gasteiger partial charge in [0.15, 0.2) is 10.6 Å². The van der Waals surface area contributed by atoms with Gasteiger partial charge >= 0.3 is 11.7 Å². The Labute approximate surface area is 219 Å². The smallest absolute Gasteiger partial charge is 0.497 e. The van der Waals surface area contributed by atoms with E-state index in [1.54, 1.807) is 24.3 Å². The quantitative estimate of drug-likeness (QED) is 0.329. The molecule has 2 aromatic heterocycles. The lowest BCUT2D eigenvalue weighted by atomic mass is 9.80. The fraction of sp³-hybridized carbons (Fsp3) is 0.158. The molecule has 0 amide bonds. The van der Waals surface area contributed by atoms with E-state index in [-0.39, 0.29) is 0 Å². The molecule has 0 bridgehead atoms. The molecule has 0 saturated carbocycles. The monoisotopic (exact) mass is 600 g/mol. The van der Waals surface area contributed by atoms with E-state index in [1.165, 1.54) is 7.11 Å². The van der Waals surface area contributed by atoms with Crippen LogP contribution in [0.2, 0.25) is 10.0 Å². The standard InChI is InChI=1S/C19H13BCl2F6N6O3S/c1-37-10-4-2-9(3-5-10)20-30-17(31-33-20)13-15(38(35,36)19(26,27)28)16(29)34(32-13)14-11(21)6-8(7-12(14)22)18(23,24)25/h2-7,30,33H,29H2,1H3. The number of methoxy groups -OCH3 is 1. The number of anilines is 1. The van der Waals surface area contributed by atoms with E-state index in [0.717, 1.165) is 0 Å². The Balaban J connectivity index is 1.95. The van der Waals surface area contributed by atoms with Crippen LogP contribution in [0.1, 0.15) is 5.56 Å². The molecule has 2 heterocycles. The van der Waals surface area contributed by atoms with Crippen molar-refractivity contribution in [3.05, 3.63) is 52.0 Å². The zero-order valence-corrected chi connectivity index (χ0v) is 20.9. The third kappa shape index (κ3) is 4.80. The third-order valence-electron chi connectivity index (χ3n) is 5.27. The number of ether oxygens (including phenoxy) is 1. The molecule has 202 valence electrons. The number of nitrogens with one attached hydrogen (secondary N) is 2. The predicted molar refractivity (Wildman–Crippen MR) is 124 cm³/mol. The predicted octanol–water partition coefficient (Wildman–Crippen LogP) is 4.30. The number of nitrogens with two attached hydrogens (primary N) is 1. The molecule has 0 radical (unpaired) electrons. The number of H-pyrrole nitrogens is 2. The van der Waals surface area contributed by atoms with Gasteiger partial charge in [-0.3, -0.25) is 0 Å². The first kappa shape index (κ1) is 27.7. The van der Waals surface area contributed by atoms with Crippen LogP contribution in [0.4, 0.5) is 32.2 Å². The van der Waals surface area contributed by atoms with Crippen molar-refractivity contribution in [1.82, 2.24) is 19.9 Å². The Morgan fingerprint density at radius 1 is 1.08 bits per heavy atom. The van der Waals surface area contributed by atoms with Crippen LogP contribution in [0.25, 0.3) is 22.7 Å². The zero-order valence-electron chi connectivity index (χ0n) is 18.6. The summed E-state index contributed by atoms with van der Waals surface area (Å²) in [6.45, 7) is -0.832. The van der Waals surface area contributed by atoms with Crippen molar-refractivity contribution in [3.63, 3.8) is 0 Å². The number of aromatic amines is 2. The minimum Gasteiger partial charge on any atom is -0.497 e. The van der Waals surface area contributed by atoms with Crippen molar-refractivity contribution >= 4 is 45.5 Å². The van der Waals surface area contributed by atoms with Gasteiger partial charge in [-0.2, -0.15) is 31.4 Å². The Morgan fingerprint density at radius 2 is 1.66 bits per heavy atom. The van der Waals surface area contributed by atoms with Gasteiger partial charge in [-0.05, 0) is 29.4 Å². The first-order valence-corrected chi connectivity index (χ1v) is 12.3. The fourth-order valence-electron chi connectivity index (χ4n) is 3.46. The van der Waals surface area contributed by atoms with Gasteiger partial charge in [-0.1, -0.05) is 35.3 Å². The van der Waals surface area contributed by atoms with Crippen LogP contribution in [0.3, 0.4) is 0 Å². The maximum Gasteiger partial charge on any atom is 0.502 e. The Hall–Kier alpha value is -3.31. The molecule has 4 N–H and O–H groups in total. The van der Waals surface area contributed by atoms with Crippen LogP contribution in [0, 0.1) is 0 Å². The molecule has 4 rings (SSSR count). The lowest BCUT2D eigenvalue weighted by Crippen LogP contribution is -2.25. The minimum absolute atomic E-state index is 0.406. The first-order chi connectivity index (χ1) is 17.6. The van der Waals surface area contributed by atoms with Crippen LogP contribution in [0.5, 0.6) is 5.75 Å². The van der Waals surface area contributed by atoms with Crippen molar-refractivity contribution < 1.29 is 44.4 Å². The number of sulfone groups is 1. The van der Waals surface area contributed by atoms with Gasteiger partial charge in [0.1, 0.15) is 17.3 Å². The highest BCUT2D eigenvalue weighted by atomic mass is 35.5. The summed E-state index contributed by atoms with van der Waals surface area (Å²) in [6, 6.07) is 7.27. The van der Waals surface area contributed by atoms with Crippen molar-refractivity contribution in [1.29, 1.82) is 0 Å². The number of benzene rings is 2. The fourth-order valence-corrected chi connectivity index (χ4v) is 5.09. The highest BCUT2D eigenvalue weighted by molar-refractivity contribution is 7.92. The molecule has 9 nitrogen and oxygen atoms in total. The molecular weight excluding hydrogens is 588 g/mol. The second-order valence-electron chi connectivity index (χ2n) is 7.65. The van der Waals surface area contributed by atoms with Gasteiger partial charge in [0, 0.05) is 0 Å². The topological polar surface area (TPSA) is 130 Å². The number of rotatable bonds is 5. The Bertz CT molecular complexity index is 1620. The highest BCUT2D eigenvalue weighted by Crippen LogP contribution is 2.42. The summed E-state index contributed by atoms with van der Waals surface area (Å²) in [5.41, 5.74) is -2.22. The number of nitrogens with zero attached hydrogens (tertiary/aromatic N) is 3. The summed E-state index contributed by atoms with van der Waals surface area (Å²) in [7, 11) is -4.70. The maximum absolute atomic E-state index is 13.6. The van der Waals surface area contributed by atoms with Crippen LogP contribution in [0.15, 0.2) is 41.3 Å². The summed E-state index contributed by atoms with van der Waals surface area (Å²) >= 11 is 11.9. The van der Waals surface area contributed by atoms with Crippen LogP contribution >= 0.6 is 23.2 Å². The van der Waals surface area contributed by atoms with E-state index in [1.807, 2.05) is 0 Å². The van der Waals surface area contributed by atoms with Crippen LogP contribution in [-0.2, 0) is 16.0 Å². The normalized spacial score (nSPS) is 12.7. The number of alkyl halides is 6. The lowest BCUT2D eigenvalue weighted by Gasteiger charge is -2.13. The first-order valence-electron chi connectivity index (χ1n) is 10.1. The summed E-state index contributed by atoms with van der Waals surface area (Å²) in [5.74, 6) is -1.06. The number of halogens is 8. The summed E-state index contributed by atoms with van der Waals surface area (Å²) in [4.78, 5) is 1.20. The molecule has 19 heteroatoms. The second-order valence-corrected chi connectivity index (χ2v) is 10.3. The van der Waals surface area contributed by atoms with Gasteiger partial charge in [0.2, 0.25) is 0 Å². The molecule has 0 spiro atoms. The van der Waals surface area contributed by atoms with E-state index in [0.29, 0.717) is 28.0 Å². The van der Waals surface area contributed by atoms with Crippen LogP contribution < -0.4 is 15.4 Å². The summed E-state index contributed by atoms with van der Waals surface area (Å²) in [6.07, 6.45) is -4.86. The second kappa shape index (κ2) is 9.46. The summed E-state index contributed by atoms with van der Waals surface area (Å²) < 4.78 is 111. The largest absolute Gasteiger partial charge is 0.502 e. The van der Waals surface area contributed by atoms with Crippen molar-refractivity contribution in [2.75, 3.05) is 12.8 Å². The van der Waals surface area contributed by atoms with Crippen molar-refractivity contribution in [2.24, 2.45) is 0 Å². The van der Waals surface area contributed by atoms with Crippen molar-refractivity contribution in [3.8, 4) is 28.4 Å². The van der Waals surface area contributed by atoms with E-state index < -0.39 is 71.7 Å². The molecule has 0 atom stereocenters. The molecule has 0 unspecified atom stereocenters. The summed E-state index contributed by atoms with van der Waals surface area (Å²) in [5, 5.41) is 8.83. The van der Waals surface area contributed by atoms with Gasteiger partial charge in [0.25, 0.3) is 22.3 Å². The third-order valence-corrected chi connectivity index (χ3v) is 7.39. The number of aromatic nitrogens is 5. The van der Waals surface area contributed by atoms with Gasteiger partial charge in [-0.25, -0.2) is 13.1 Å². The van der Waals surface area contributed by atoms with Gasteiger partial charge < -0.3 is 20.4 Å². The highest BCUT2D eigenvalue weighted by Gasteiger charge is 2.51. The van der Waals surface area contributed by atoms with E-state index in [2.05, 4.69) is 20.1 Å². The number of nitrogen functional groups attached to an aromatic ring is 1. The molecule has 0 aliphatic heterocycles. The van der Waals surface area contributed by atoms with Crippen LogP contribution in [-0.4, -0.2) is 47.5 Å². The molecular formula is C19H13BCl2F6N6O3S. The Kier molecular flexibility index (Phi) is 6.90. The van der Waals surface area contributed by atoms with E-state index in [9.17, 15) is 34.8 Å². The van der Waals surface area contributed by atoms with Gasteiger partial charge in [-0.15, -0.1) is 5.46 Å². The minimum atomic E-state index is -6.15. The average Bonchev–Trinajstić information content (AvgIpc) is 3.43. The Morgan fingerprint density at radius 3 is 2.16 bits per heavy atom. The van der Waals surface area contributed by atoms with Crippen molar-refractivity contribution in [2.45, 2.75) is 16.6 Å². The zero-order chi connectivity index (χ0) is 28.2. The number of hydrogen-bond donors (Lipinski definition) is 2. The molecule has 0 saturated heterocycles. The molecule has 0 aliphatic rings. The van der Waals surface area contributed by atoms with Gasteiger partial charge in [0.05, 0.1) is 22.7 Å². The lowest BCUT2D eigenvalue weighted by molar-refractivity contribution is -0.298. The molecule has 0 aliphatic carbocycles.